The zero-order valence-corrected chi connectivity index (χ0v) is 15.8. The molecule has 0 aliphatic heterocycles. The van der Waals surface area contributed by atoms with Gasteiger partial charge in [0.2, 0.25) is 5.91 Å². The maximum absolute atomic E-state index is 12.6. The van der Waals surface area contributed by atoms with E-state index in [9.17, 15) is 9.59 Å². The van der Waals surface area contributed by atoms with Crippen molar-refractivity contribution in [1.29, 1.82) is 0 Å². The topological polar surface area (TPSA) is 67.4 Å². The Morgan fingerprint density at radius 1 is 1.15 bits per heavy atom. The fourth-order valence-corrected chi connectivity index (χ4v) is 3.80. The Morgan fingerprint density at radius 2 is 1.88 bits per heavy atom. The van der Waals surface area contributed by atoms with E-state index in [-0.39, 0.29) is 17.9 Å². The van der Waals surface area contributed by atoms with Gasteiger partial charge in [-0.25, -0.2) is 0 Å². The van der Waals surface area contributed by atoms with Crippen LogP contribution in [0.5, 0.6) is 5.75 Å². The molecule has 1 unspecified atom stereocenters. The molecule has 26 heavy (non-hydrogen) atoms. The van der Waals surface area contributed by atoms with Crippen molar-refractivity contribution in [2.45, 2.75) is 64.3 Å². The van der Waals surface area contributed by atoms with Gasteiger partial charge < -0.3 is 15.4 Å². The van der Waals surface area contributed by atoms with E-state index in [1.807, 2.05) is 0 Å². The molecule has 0 radical (unpaired) electrons. The highest BCUT2D eigenvalue weighted by Crippen LogP contribution is 2.32. The van der Waals surface area contributed by atoms with Gasteiger partial charge in [0.1, 0.15) is 5.75 Å². The molecule has 0 saturated heterocycles. The number of benzene rings is 1. The van der Waals surface area contributed by atoms with Crippen LogP contribution in [0.2, 0.25) is 0 Å². The highest BCUT2D eigenvalue weighted by molar-refractivity contribution is 6.04. The predicted molar refractivity (Wildman–Crippen MR) is 102 cm³/mol. The lowest BCUT2D eigenvalue weighted by Gasteiger charge is -2.27. The molecule has 0 heterocycles. The molecule has 2 saturated carbocycles. The van der Waals surface area contributed by atoms with E-state index >= 15 is 0 Å². The second kappa shape index (κ2) is 8.56. The van der Waals surface area contributed by atoms with Crippen LogP contribution in [-0.2, 0) is 4.79 Å². The molecule has 2 amide bonds. The Labute approximate surface area is 155 Å². The summed E-state index contributed by atoms with van der Waals surface area (Å²) < 4.78 is 5.24. The summed E-state index contributed by atoms with van der Waals surface area (Å²) in [6.07, 6.45) is 8.88. The van der Waals surface area contributed by atoms with Crippen LogP contribution in [0.3, 0.4) is 0 Å². The van der Waals surface area contributed by atoms with Gasteiger partial charge in [0.15, 0.2) is 0 Å². The number of carbonyl (C=O) groups is 2. The largest absolute Gasteiger partial charge is 0.497 e. The average Bonchev–Trinajstić information content (AvgIpc) is 3.46. The van der Waals surface area contributed by atoms with E-state index in [1.165, 1.54) is 32.1 Å². The first-order chi connectivity index (χ1) is 12.6. The Bertz CT molecular complexity index is 649. The van der Waals surface area contributed by atoms with E-state index in [4.69, 9.17) is 4.74 Å². The van der Waals surface area contributed by atoms with Crippen LogP contribution in [0.4, 0.5) is 5.69 Å². The number of anilines is 1. The van der Waals surface area contributed by atoms with Gasteiger partial charge in [-0.05, 0) is 42.9 Å². The van der Waals surface area contributed by atoms with Gasteiger partial charge in [-0.2, -0.15) is 0 Å². The van der Waals surface area contributed by atoms with E-state index < -0.39 is 0 Å². The Morgan fingerprint density at radius 3 is 2.54 bits per heavy atom. The van der Waals surface area contributed by atoms with E-state index in [0.717, 1.165) is 12.8 Å². The van der Waals surface area contributed by atoms with Crippen LogP contribution in [0.15, 0.2) is 18.2 Å². The van der Waals surface area contributed by atoms with Crippen molar-refractivity contribution in [2.75, 3.05) is 12.4 Å². The van der Waals surface area contributed by atoms with Gasteiger partial charge in [0.25, 0.3) is 5.91 Å². The maximum atomic E-state index is 12.6. The lowest BCUT2D eigenvalue weighted by Crippen LogP contribution is -2.27. The van der Waals surface area contributed by atoms with Crippen molar-refractivity contribution in [3.05, 3.63) is 23.8 Å². The molecule has 5 heteroatoms. The summed E-state index contributed by atoms with van der Waals surface area (Å²) in [6, 6.07) is 5.49. The van der Waals surface area contributed by atoms with Crippen LogP contribution < -0.4 is 15.4 Å². The van der Waals surface area contributed by atoms with Crippen molar-refractivity contribution in [2.24, 2.45) is 11.8 Å². The van der Waals surface area contributed by atoms with E-state index in [2.05, 4.69) is 17.6 Å². The second-order valence-corrected chi connectivity index (χ2v) is 7.79. The monoisotopic (exact) mass is 358 g/mol. The summed E-state index contributed by atoms with van der Waals surface area (Å²) in [5.41, 5.74) is 1.03. The summed E-state index contributed by atoms with van der Waals surface area (Å²) >= 11 is 0. The van der Waals surface area contributed by atoms with Gasteiger partial charge >= 0.3 is 0 Å². The standard InChI is InChI=1S/C21H30N2O3/c1-14(15-6-4-3-5-7-15)12-20(24)23-19-11-10-17(26-2)13-18(19)21(25)22-16-8-9-16/h10-11,13-16H,3-9,12H2,1-2H3,(H,22,25)(H,23,24). The highest BCUT2D eigenvalue weighted by atomic mass is 16.5. The van der Waals surface area contributed by atoms with Gasteiger partial charge in [0, 0.05) is 12.5 Å². The number of amides is 2. The zero-order chi connectivity index (χ0) is 18.5. The molecule has 5 nitrogen and oxygen atoms in total. The van der Waals surface area contributed by atoms with Gasteiger partial charge in [-0.1, -0.05) is 39.0 Å². The molecule has 1 aromatic rings. The minimum atomic E-state index is -0.151. The molecule has 0 spiro atoms. The number of carbonyl (C=O) groups excluding carboxylic acids is 2. The third-order valence-electron chi connectivity index (χ3n) is 5.62. The minimum absolute atomic E-state index is 0.0197. The van der Waals surface area contributed by atoms with Crippen LogP contribution in [-0.4, -0.2) is 25.0 Å². The first-order valence-electron chi connectivity index (χ1n) is 9.85. The maximum Gasteiger partial charge on any atom is 0.253 e. The van der Waals surface area contributed by atoms with Gasteiger partial charge in [0.05, 0.1) is 18.4 Å². The lowest BCUT2D eigenvalue weighted by molar-refractivity contribution is -0.117. The Balaban J connectivity index is 1.65. The number of hydrogen-bond acceptors (Lipinski definition) is 3. The smallest absolute Gasteiger partial charge is 0.253 e. The van der Waals surface area contributed by atoms with E-state index in [0.29, 0.717) is 35.3 Å². The Hall–Kier alpha value is -2.04. The normalized spacial score (nSPS) is 18.8. The fourth-order valence-electron chi connectivity index (χ4n) is 3.80. The number of hydrogen-bond donors (Lipinski definition) is 2. The number of ether oxygens (including phenoxy) is 1. The summed E-state index contributed by atoms with van der Waals surface area (Å²) in [7, 11) is 1.57. The molecule has 1 aromatic carbocycles. The van der Waals surface area contributed by atoms with Crippen LogP contribution >= 0.6 is 0 Å². The number of rotatable bonds is 7. The molecule has 3 rings (SSSR count). The molecule has 0 bridgehead atoms. The third kappa shape index (κ3) is 4.99. The molecule has 2 N–H and O–H groups in total. The van der Waals surface area contributed by atoms with Crippen molar-refractivity contribution in [3.63, 3.8) is 0 Å². The quantitative estimate of drug-likeness (QED) is 0.770. The third-order valence-corrected chi connectivity index (χ3v) is 5.62. The van der Waals surface area contributed by atoms with Crippen molar-refractivity contribution < 1.29 is 14.3 Å². The summed E-state index contributed by atoms with van der Waals surface area (Å²) in [5.74, 6) is 1.45. The zero-order valence-electron chi connectivity index (χ0n) is 15.8. The SMILES string of the molecule is COc1ccc(NC(=O)CC(C)C2CCCCC2)c(C(=O)NC2CC2)c1. The van der Waals surface area contributed by atoms with Crippen molar-refractivity contribution >= 4 is 17.5 Å². The average molecular weight is 358 g/mol. The molecular weight excluding hydrogens is 328 g/mol. The highest BCUT2D eigenvalue weighted by Gasteiger charge is 2.26. The number of methoxy groups -OCH3 is 1. The number of nitrogens with one attached hydrogen (secondary N) is 2. The van der Waals surface area contributed by atoms with Crippen molar-refractivity contribution in [3.8, 4) is 5.75 Å². The summed E-state index contributed by atoms with van der Waals surface area (Å²) in [6.45, 7) is 2.17. The Kier molecular flexibility index (Phi) is 6.17. The molecule has 2 aliphatic carbocycles. The van der Waals surface area contributed by atoms with Crippen molar-refractivity contribution in [1.82, 2.24) is 5.32 Å². The second-order valence-electron chi connectivity index (χ2n) is 7.79. The molecule has 2 fully saturated rings. The molecule has 0 aromatic heterocycles. The first kappa shape index (κ1) is 18.7. The molecule has 2 aliphatic rings. The minimum Gasteiger partial charge on any atom is -0.497 e. The molecular formula is C21H30N2O3. The van der Waals surface area contributed by atoms with Gasteiger partial charge in [-0.3, -0.25) is 9.59 Å². The fraction of sp³-hybridized carbons (Fsp3) is 0.619. The predicted octanol–water partition coefficient (Wildman–Crippen LogP) is 4.13. The summed E-state index contributed by atoms with van der Waals surface area (Å²) in [5, 5.41) is 5.93. The van der Waals surface area contributed by atoms with Gasteiger partial charge in [-0.15, -0.1) is 0 Å². The molecule has 1 atom stereocenters. The first-order valence-corrected chi connectivity index (χ1v) is 9.85. The lowest BCUT2D eigenvalue weighted by atomic mass is 9.79. The molecule has 142 valence electrons. The van der Waals surface area contributed by atoms with E-state index in [1.54, 1.807) is 25.3 Å². The van der Waals surface area contributed by atoms with Crippen LogP contribution in [0.25, 0.3) is 0 Å². The van der Waals surface area contributed by atoms with Crippen LogP contribution in [0, 0.1) is 11.8 Å². The summed E-state index contributed by atoms with van der Waals surface area (Å²) in [4.78, 5) is 25.1. The van der Waals surface area contributed by atoms with Crippen LogP contribution in [0.1, 0.15) is 68.6 Å².